The van der Waals surface area contributed by atoms with Crippen LogP contribution in [0.25, 0.3) is 22.5 Å². The van der Waals surface area contributed by atoms with Crippen LogP contribution in [0, 0.1) is 0 Å². The molecule has 6 heterocycles. The monoisotopic (exact) mass is 638 g/mol. The third-order valence-electron chi connectivity index (χ3n) is 9.06. The number of alkyl halides is 1. The molecule has 0 saturated carbocycles. The summed E-state index contributed by atoms with van der Waals surface area (Å²) in [4.78, 5) is 45.4. The molecule has 242 valence electrons. The zero-order valence-electron chi connectivity index (χ0n) is 26.2. The van der Waals surface area contributed by atoms with E-state index in [1.165, 1.54) is 31.1 Å². The number of nitrogen functional groups attached to an aromatic ring is 1. The number of aromatic nitrogens is 7. The first-order chi connectivity index (χ1) is 22.6. The molecule has 2 aliphatic heterocycles. The van der Waals surface area contributed by atoms with Crippen LogP contribution in [0.3, 0.4) is 0 Å². The molecule has 3 N–H and O–H groups in total. The van der Waals surface area contributed by atoms with Gasteiger partial charge in [-0.2, -0.15) is 14.9 Å². The highest BCUT2D eigenvalue weighted by molar-refractivity contribution is 6.05. The molecule has 0 bridgehead atoms. The number of carbonyl (C=O) groups is 2. The number of likely N-dealkylation sites (tertiary alicyclic amines) is 1. The molecule has 5 aromatic rings. The van der Waals surface area contributed by atoms with Crippen molar-refractivity contribution in [1.82, 2.24) is 39.1 Å². The van der Waals surface area contributed by atoms with Crippen molar-refractivity contribution in [2.24, 2.45) is 0 Å². The van der Waals surface area contributed by atoms with Crippen molar-refractivity contribution in [2.45, 2.75) is 64.1 Å². The summed E-state index contributed by atoms with van der Waals surface area (Å²) in [6, 6.07) is 12.8. The molecule has 0 aliphatic carbocycles. The summed E-state index contributed by atoms with van der Waals surface area (Å²) in [5.41, 5.74) is 8.60. The number of hydrogen-bond acceptors (Lipinski definition) is 8. The second kappa shape index (κ2) is 11.8. The van der Waals surface area contributed by atoms with E-state index in [1.54, 1.807) is 33.7 Å². The summed E-state index contributed by atoms with van der Waals surface area (Å²) in [5.74, 6) is -0.206. The Morgan fingerprint density at radius 3 is 2.53 bits per heavy atom. The summed E-state index contributed by atoms with van der Waals surface area (Å²) in [5, 5.41) is 15.4. The number of fused-ring (bicyclic) bond motifs is 2. The minimum Gasteiger partial charge on any atom is -0.382 e. The first-order valence-corrected chi connectivity index (χ1v) is 15.8. The molecule has 7 rings (SSSR count). The lowest BCUT2D eigenvalue weighted by Gasteiger charge is -2.34. The number of benzene rings is 1. The van der Waals surface area contributed by atoms with Gasteiger partial charge in [0.1, 0.15) is 17.4 Å². The van der Waals surface area contributed by atoms with E-state index < -0.39 is 23.0 Å². The minimum atomic E-state index is -1.91. The number of rotatable bonds is 6. The smallest absolute Gasteiger partial charge is 0.286 e. The molecule has 13 nitrogen and oxygen atoms in total. The average Bonchev–Trinajstić information content (AvgIpc) is 3.61. The number of nitrogens with zero attached hydrogens (tertiary/aromatic N) is 8. The van der Waals surface area contributed by atoms with Gasteiger partial charge in [-0.3, -0.25) is 19.1 Å². The second-order valence-corrected chi connectivity index (χ2v) is 12.6. The van der Waals surface area contributed by atoms with Crippen molar-refractivity contribution < 1.29 is 14.0 Å². The van der Waals surface area contributed by atoms with Crippen LogP contribution in [0.1, 0.15) is 67.2 Å². The third-order valence-corrected chi connectivity index (χ3v) is 9.06. The van der Waals surface area contributed by atoms with Crippen LogP contribution in [0.2, 0.25) is 0 Å². The number of amides is 2. The number of carbonyl (C=O) groups excluding carboxylic acids is 2. The van der Waals surface area contributed by atoms with Gasteiger partial charge in [0.05, 0.1) is 5.69 Å². The van der Waals surface area contributed by atoms with E-state index in [2.05, 4.69) is 25.6 Å². The standard InChI is InChI=1S/C33H35FN10O3/c1-33(2,34)32(47)41-16-12-21(13-17-41)25-18-23(28-29(35)36-19-38-43(25)28)20-8-10-22(11-9-20)39-30(45)27-24-6-3-4-15-42(24)44(31(27)46)26-7-5-14-37-40-26/h5,7-11,14,18-19,21H,3-4,6,12-13,15-17H2,1-2H3,(H,39,45)(H2,35,36,38). The number of halogens is 1. The van der Waals surface area contributed by atoms with E-state index in [9.17, 15) is 18.8 Å². The van der Waals surface area contributed by atoms with Gasteiger partial charge in [-0.05, 0) is 81.8 Å². The first kappa shape index (κ1) is 30.3. The Morgan fingerprint density at radius 1 is 1.06 bits per heavy atom. The Balaban J connectivity index is 1.15. The lowest BCUT2D eigenvalue weighted by atomic mass is 9.92. The van der Waals surface area contributed by atoms with Gasteiger partial charge in [-0.15, -0.1) is 5.10 Å². The van der Waals surface area contributed by atoms with E-state index in [0.717, 1.165) is 29.7 Å². The van der Waals surface area contributed by atoms with Crippen molar-refractivity contribution >= 4 is 28.8 Å². The molecule has 4 aromatic heterocycles. The number of nitrogens with one attached hydrogen (secondary N) is 1. The summed E-state index contributed by atoms with van der Waals surface area (Å²) >= 11 is 0. The predicted molar refractivity (Wildman–Crippen MR) is 173 cm³/mol. The van der Waals surface area contributed by atoms with Gasteiger partial charge < -0.3 is 16.0 Å². The maximum atomic E-state index is 14.3. The number of piperidine rings is 1. The van der Waals surface area contributed by atoms with E-state index in [1.807, 2.05) is 22.9 Å². The lowest BCUT2D eigenvalue weighted by Crippen LogP contribution is -2.46. The fraction of sp³-hybridized carbons (Fsp3) is 0.364. The largest absolute Gasteiger partial charge is 0.382 e. The minimum absolute atomic E-state index is 0.0788. The predicted octanol–water partition coefficient (Wildman–Crippen LogP) is 3.76. The van der Waals surface area contributed by atoms with Crippen molar-refractivity contribution in [3.8, 4) is 16.9 Å². The molecule has 47 heavy (non-hydrogen) atoms. The van der Waals surface area contributed by atoms with E-state index in [4.69, 9.17) is 5.73 Å². The zero-order chi connectivity index (χ0) is 32.9. The fourth-order valence-electron chi connectivity index (χ4n) is 6.78. The highest BCUT2D eigenvalue weighted by Gasteiger charge is 2.35. The van der Waals surface area contributed by atoms with Gasteiger partial charge >= 0.3 is 0 Å². The summed E-state index contributed by atoms with van der Waals surface area (Å²) in [6.45, 7) is 4.08. The van der Waals surface area contributed by atoms with Gasteiger partial charge in [-0.1, -0.05) is 12.1 Å². The normalized spacial score (nSPS) is 15.5. The highest BCUT2D eigenvalue weighted by Crippen LogP contribution is 2.37. The molecule has 14 heteroatoms. The third kappa shape index (κ3) is 5.42. The second-order valence-electron chi connectivity index (χ2n) is 12.6. The van der Waals surface area contributed by atoms with Gasteiger partial charge in [0, 0.05) is 48.7 Å². The summed E-state index contributed by atoms with van der Waals surface area (Å²) < 4.78 is 19.4. The lowest BCUT2D eigenvalue weighted by molar-refractivity contribution is -0.143. The van der Waals surface area contributed by atoms with Crippen molar-refractivity contribution in [1.29, 1.82) is 0 Å². The zero-order valence-corrected chi connectivity index (χ0v) is 26.2. The Kier molecular flexibility index (Phi) is 7.57. The van der Waals surface area contributed by atoms with Crippen LogP contribution in [0.5, 0.6) is 0 Å². The quantitative estimate of drug-likeness (QED) is 0.285. The van der Waals surface area contributed by atoms with Crippen LogP contribution in [-0.4, -0.2) is 69.6 Å². The Hall–Kier alpha value is -5.40. The molecule has 2 amide bonds. The maximum Gasteiger partial charge on any atom is 0.286 e. The van der Waals surface area contributed by atoms with Gasteiger partial charge in [0.2, 0.25) is 0 Å². The van der Waals surface area contributed by atoms with Gasteiger partial charge in [0.25, 0.3) is 17.4 Å². The SMILES string of the molecule is CC(C)(F)C(=O)N1CCC(c2cc(-c3ccc(NC(=O)c4c5n(n(-c6cccnn6)c4=O)CCCC5)cc3)c3c(N)ncnn23)CC1. The summed E-state index contributed by atoms with van der Waals surface area (Å²) in [6.07, 6.45) is 6.65. The van der Waals surface area contributed by atoms with Crippen LogP contribution < -0.4 is 16.6 Å². The molecular formula is C33H35FN10O3. The molecular weight excluding hydrogens is 603 g/mol. The highest BCUT2D eigenvalue weighted by atomic mass is 19.1. The van der Waals surface area contributed by atoms with Crippen LogP contribution in [-0.2, 0) is 17.8 Å². The van der Waals surface area contributed by atoms with E-state index >= 15 is 0 Å². The Bertz CT molecular complexity index is 2040. The summed E-state index contributed by atoms with van der Waals surface area (Å²) in [7, 11) is 0. The number of anilines is 2. The van der Waals surface area contributed by atoms with Gasteiger partial charge in [0.15, 0.2) is 17.3 Å². The molecule has 0 spiro atoms. The van der Waals surface area contributed by atoms with Gasteiger partial charge in [-0.25, -0.2) is 13.9 Å². The first-order valence-electron chi connectivity index (χ1n) is 15.8. The topological polar surface area (TPSA) is 158 Å². The van der Waals surface area contributed by atoms with Crippen molar-refractivity contribution in [3.63, 3.8) is 0 Å². The van der Waals surface area contributed by atoms with Crippen molar-refractivity contribution in [3.05, 3.63) is 82.3 Å². The van der Waals surface area contributed by atoms with Crippen LogP contribution in [0.15, 0.2) is 59.8 Å². The fourth-order valence-corrected chi connectivity index (χ4v) is 6.78. The molecule has 0 atom stereocenters. The molecule has 1 fully saturated rings. The average molecular weight is 639 g/mol. The molecule has 1 aromatic carbocycles. The van der Waals surface area contributed by atoms with E-state index in [0.29, 0.717) is 67.4 Å². The number of nitrogens with two attached hydrogens (primary N) is 1. The molecule has 0 unspecified atom stereocenters. The molecule has 2 aliphatic rings. The maximum absolute atomic E-state index is 14.3. The number of hydrogen-bond donors (Lipinski definition) is 2. The molecule has 0 radical (unpaired) electrons. The van der Waals surface area contributed by atoms with Crippen LogP contribution in [0.4, 0.5) is 15.9 Å². The van der Waals surface area contributed by atoms with Crippen molar-refractivity contribution in [2.75, 3.05) is 24.1 Å². The Morgan fingerprint density at radius 2 is 1.83 bits per heavy atom. The Labute approximate surface area is 269 Å². The molecule has 1 saturated heterocycles. The van der Waals surface area contributed by atoms with E-state index in [-0.39, 0.29) is 11.5 Å². The van der Waals surface area contributed by atoms with Crippen LogP contribution >= 0.6 is 0 Å².